The van der Waals surface area contributed by atoms with Gasteiger partial charge in [-0.15, -0.1) is 5.10 Å². The van der Waals surface area contributed by atoms with Gasteiger partial charge in [-0.05, 0) is 63.4 Å². The van der Waals surface area contributed by atoms with Crippen molar-refractivity contribution < 1.29 is 13.2 Å². The topological polar surface area (TPSA) is 88.4 Å². The summed E-state index contributed by atoms with van der Waals surface area (Å²) < 4.78 is 30.4. The summed E-state index contributed by atoms with van der Waals surface area (Å²) in [5.74, 6) is -0.236. The van der Waals surface area contributed by atoms with Crippen molar-refractivity contribution in [1.29, 1.82) is 0 Å². The van der Waals surface area contributed by atoms with Crippen LogP contribution in [0.1, 0.15) is 42.4 Å². The molecular weight excluding hydrogens is 565 g/mol. The summed E-state index contributed by atoms with van der Waals surface area (Å²) in [6, 6.07) is 15.1. The van der Waals surface area contributed by atoms with Gasteiger partial charge in [-0.25, -0.2) is 13.1 Å². The molecule has 180 valence electrons. The van der Waals surface area contributed by atoms with Gasteiger partial charge < -0.3 is 4.90 Å². The standard InChI is InChI=1S/C24H28IN5O3S/c1-24(2,3)19-6-10-21(11-7-19)34(32,33)30-14-12-28(13-15-30)23(31)22-17-29(27-26-22)16-18-4-8-20(25)9-5-18/h4-11,17H,12-16H2,1-3H3. The molecule has 0 aliphatic carbocycles. The molecule has 1 aliphatic rings. The largest absolute Gasteiger partial charge is 0.335 e. The number of sulfonamides is 1. The van der Waals surface area contributed by atoms with Crippen molar-refractivity contribution in [1.82, 2.24) is 24.2 Å². The van der Waals surface area contributed by atoms with Crippen molar-refractivity contribution in [2.24, 2.45) is 0 Å². The molecule has 0 radical (unpaired) electrons. The fraction of sp³-hybridized carbons (Fsp3) is 0.375. The van der Waals surface area contributed by atoms with E-state index in [1.807, 2.05) is 36.4 Å². The second kappa shape index (κ2) is 9.74. The van der Waals surface area contributed by atoms with E-state index in [2.05, 4.69) is 53.7 Å². The third kappa shape index (κ3) is 5.49. The average molecular weight is 593 g/mol. The molecule has 8 nitrogen and oxygen atoms in total. The third-order valence-electron chi connectivity index (χ3n) is 5.90. The Labute approximate surface area is 214 Å². The van der Waals surface area contributed by atoms with Gasteiger partial charge in [0.15, 0.2) is 5.69 Å². The highest BCUT2D eigenvalue weighted by atomic mass is 127. The summed E-state index contributed by atoms with van der Waals surface area (Å²) in [6.45, 7) is 7.90. The molecule has 2 aromatic carbocycles. The van der Waals surface area contributed by atoms with Gasteiger partial charge in [0.05, 0.1) is 17.6 Å². The van der Waals surface area contributed by atoms with E-state index in [0.717, 1.165) is 14.7 Å². The van der Waals surface area contributed by atoms with Gasteiger partial charge in [-0.1, -0.05) is 50.3 Å². The van der Waals surface area contributed by atoms with Crippen LogP contribution in [0, 0.1) is 3.57 Å². The summed E-state index contributed by atoms with van der Waals surface area (Å²) in [6.07, 6.45) is 1.64. The zero-order valence-corrected chi connectivity index (χ0v) is 22.5. The molecule has 1 amide bonds. The van der Waals surface area contributed by atoms with Gasteiger partial charge in [0.2, 0.25) is 10.0 Å². The van der Waals surface area contributed by atoms with Crippen molar-refractivity contribution in [2.45, 2.75) is 37.6 Å². The predicted molar refractivity (Wildman–Crippen MR) is 138 cm³/mol. The minimum Gasteiger partial charge on any atom is -0.335 e. The van der Waals surface area contributed by atoms with E-state index in [1.165, 1.54) is 4.31 Å². The van der Waals surface area contributed by atoms with E-state index in [-0.39, 0.29) is 35.0 Å². The molecule has 1 aromatic heterocycles. The van der Waals surface area contributed by atoms with E-state index < -0.39 is 10.0 Å². The number of amides is 1. The van der Waals surface area contributed by atoms with Gasteiger partial charge in [-0.2, -0.15) is 4.31 Å². The first-order valence-corrected chi connectivity index (χ1v) is 13.6. The molecule has 3 aromatic rings. The number of hydrogen-bond acceptors (Lipinski definition) is 5. The quantitative estimate of drug-likeness (QED) is 0.424. The molecule has 1 aliphatic heterocycles. The number of rotatable bonds is 5. The molecule has 34 heavy (non-hydrogen) atoms. The van der Waals surface area contributed by atoms with Crippen LogP contribution in [0.15, 0.2) is 59.6 Å². The predicted octanol–water partition coefficient (Wildman–Crippen LogP) is 3.38. The zero-order chi connectivity index (χ0) is 24.5. The highest BCUT2D eigenvalue weighted by Gasteiger charge is 2.31. The van der Waals surface area contributed by atoms with Crippen molar-refractivity contribution >= 4 is 38.5 Å². The number of hydrogen-bond donors (Lipinski definition) is 0. The molecule has 0 unspecified atom stereocenters. The number of benzene rings is 2. The molecule has 2 heterocycles. The summed E-state index contributed by atoms with van der Waals surface area (Å²) >= 11 is 2.25. The Kier molecular flexibility index (Phi) is 7.11. The van der Waals surface area contributed by atoms with Gasteiger partial charge in [0.1, 0.15) is 0 Å². The Morgan fingerprint density at radius 2 is 1.59 bits per heavy atom. The van der Waals surface area contributed by atoms with E-state index in [1.54, 1.807) is 27.9 Å². The van der Waals surface area contributed by atoms with Crippen molar-refractivity contribution in [2.75, 3.05) is 26.2 Å². The Bertz CT molecular complexity index is 1260. The zero-order valence-electron chi connectivity index (χ0n) is 19.5. The molecule has 0 atom stereocenters. The lowest BCUT2D eigenvalue weighted by Crippen LogP contribution is -2.50. The minimum absolute atomic E-state index is 0.0457. The Balaban J connectivity index is 1.37. The average Bonchev–Trinajstić information content (AvgIpc) is 3.28. The normalized spacial score (nSPS) is 15.5. The molecule has 0 spiro atoms. The first kappa shape index (κ1) is 24.8. The van der Waals surface area contributed by atoms with Crippen LogP contribution in [0.25, 0.3) is 0 Å². The Hall–Kier alpha value is -2.31. The van der Waals surface area contributed by atoms with Crippen LogP contribution in [0.3, 0.4) is 0 Å². The van der Waals surface area contributed by atoms with Gasteiger partial charge in [0, 0.05) is 29.7 Å². The third-order valence-corrected chi connectivity index (χ3v) is 8.53. The Morgan fingerprint density at radius 1 is 0.971 bits per heavy atom. The number of halogens is 1. The molecule has 0 N–H and O–H groups in total. The van der Waals surface area contributed by atoms with Crippen molar-refractivity contribution in [3.63, 3.8) is 0 Å². The van der Waals surface area contributed by atoms with Crippen molar-refractivity contribution in [3.8, 4) is 0 Å². The van der Waals surface area contributed by atoms with Crippen LogP contribution in [-0.2, 0) is 22.0 Å². The van der Waals surface area contributed by atoms with E-state index in [9.17, 15) is 13.2 Å². The van der Waals surface area contributed by atoms with Crippen LogP contribution < -0.4 is 0 Å². The van der Waals surface area contributed by atoms with E-state index >= 15 is 0 Å². The van der Waals surface area contributed by atoms with Gasteiger partial charge in [-0.3, -0.25) is 4.79 Å². The van der Waals surface area contributed by atoms with Crippen LogP contribution >= 0.6 is 22.6 Å². The maximum absolute atomic E-state index is 13.1. The van der Waals surface area contributed by atoms with Crippen LogP contribution in [-0.4, -0.2) is 64.7 Å². The minimum atomic E-state index is -3.61. The van der Waals surface area contributed by atoms with Crippen LogP contribution in [0.4, 0.5) is 0 Å². The van der Waals surface area contributed by atoms with Crippen LogP contribution in [0.5, 0.6) is 0 Å². The molecule has 1 saturated heterocycles. The number of piperazine rings is 1. The smallest absolute Gasteiger partial charge is 0.276 e. The van der Waals surface area contributed by atoms with Crippen LogP contribution in [0.2, 0.25) is 0 Å². The first-order chi connectivity index (χ1) is 16.0. The fourth-order valence-electron chi connectivity index (χ4n) is 3.82. The van der Waals surface area contributed by atoms with E-state index in [4.69, 9.17) is 0 Å². The summed E-state index contributed by atoms with van der Waals surface area (Å²) in [5, 5.41) is 8.12. The lowest BCUT2D eigenvalue weighted by molar-refractivity contribution is 0.0692. The molecule has 10 heteroatoms. The number of nitrogens with zero attached hydrogens (tertiary/aromatic N) is 5. The molecular formula is C24H28IN5O3S. The molecule has 1 fully saturated rings. The maximum atomic E-state index is 13.1. The molecule has 0 bridgehead atoms. The fourth-order valence-corrected chi connectivity index (χ4v) is 5.60. The lowest BCUT2D eigenvalue weighted by Gasteiger charge is -2.33. The summed E-state index contributed by atoms with van der Waals surface area (Å²) in [7, 11) is -3.61. The molecule has 0 saturated carbocycles. The second-order valence-electron chi connectivity index (χ2n) is 9.40. The number of carbonyl (C=O) groups excluding carboxylic acids is 1. The van der Waals surface area contributed by atoms with Gasteiger partial charge in [0.25, 0.3) is 5.91 Å². The number of aromatic nitrogens is 3. The van der Waals surface area contributed by atoms with E-state index in [0.29, 0.717) is 19.6 Å². The summed E-state index contributed by atoms with van der Waals surface area (Å²) in [4.78, 5) is 14.8. The SMILES string of the molecule is CC(C)(C)c1ccc(S(=O)(=O)N2CCN(C(=O)c3cn(Cc4ccc(I)cc4)nn3)CC2)cc1. The highest BCUT2D eigenvalue weighted by Crippen LogP contribution is 2.25. The maximum Gasteiger partial charge on any atom is 0.276 e. The summed E-state index contributed by atoms with van der Waals surface area (Å²) in [5.41, 5.74) is 2.37. The molecule has 4 rings (SSSR count). The van der Waals surface area contributed by atoms with Crippen molar-refractivity contribution in [3.05, 3.63) is 75.1 Å². The Morgan fingerprint density at radius 3 is 2.18 bits per heavy atom. The first-order valence-electron chi connectivity index (χ1n) is 11.1. The lowest BCUT2D eigenvalue weighted by atomic mass is 9.87. The monoisotopic (exact) mass is 593 g/mol. The second-order valence-corrected chi connectivity index (χ2v) is 12.6. The highest BCUT2D eigenvalue weighted by molar-refractivity contribution is 14.1. The van der Waals surface area contributed by atoms with Gasteiger partial charge >= 0.3 is 0 Å². The number of carbonyl (C=O) groups is 1.